The van der Waals surface area contributed by atoms with E-state index >= 15 is 0 Å². The van der Waals surface area contributed by atoms with E-state index < -0.39 is 11.6 Å². The Morgan fingerprint density at radius 2 is 2.22 bits per heavy atom. The summed E-state index contributed by atoms with van der Waals surface area (Å²) in [6.45, 7) is 0.676. The molecule has 0 radical (unpaired) electrons. The van der Waals surface area contributed by atoms with Crippen LogP contribution in [-0.4, -0.2) is 12.5 Å². The zero-order valence-electron chi connectivity index (χ0n) is 9.92. The molecule has 2 aliphatic rings. The van der Waals surface area contributed by atoms with E-state index in [1.165, 1.54) is 19.3 Å². The van der Waals surface area contributed by atoms with Crippen molar-refractivity contribution in [3.05, 3.63) is 29.8 Å². The maximum absolute atomic E-state index is 13.3. The minimum absolute atomic E-state index is 0.0215. The van der Waals surface area contributed by atoms with Crippen LogP contribution in [0.3, 0.4) is 0 Å². The Bertz CT molecular complexity index is 509. The van der Waals surface area contributed by atoms with Crippen LogP contribution in [0, 0.1) is 23.0 Å². The fourth-order valence-electron chi connectivity index (χ4n) is 2.44. The van der Waals surface area contributed by atoms with Crippen molar-refractivity contribution in [3.63, 3.8) is 0 Å². The molecular weight excluding hydrogens is 236 g/mol. The number of aliphatic imine (C=N–C) groups is 1. The summed E-state index contributed by atoms with van der Waals surface area (Å²) in [5, 5.41) is 2.59. The van der Waals surface area contributed by atoms with Gasteiger partial charge in [0.2, 0.25) is 0 Å². The molecule has 1 aromatic rings. The van der Waals surface area contributed by atoms with Gasteiger partial charge >= 0.3 is 0 Å². The van der Waals surface area contributed by atoms with Gasteiger partial charge in [0.1, 0.15) is 11.6 Å². The second-order valence-corrected chi connectivity index (χ2v) is 5.24. The van der Waals surface area contributed by atoms with Gasteiger partial charge in [-0.1, -0.05) is 0 Å². The number of hydrogen-bond donors (Lipinski definition) is 2. The zero-order chi connectivity index (χ0) is 12.8. The normalized spacial score (nSPS) is 24.1. The molecule has 2 aliphatic carbocycles. The van der Waals surface area contributed by atoms with E-state index in [-0.39, 0.29) is 11.6 Å². The average Bonchev–Trinajstić information content (AvgIpc) is 3.23. The Hall–Kier alpha value is -1.65. The number of guanidine groups is 1. The van der Waals surface area contributed by atoms with Gasteiger partial charge in [0, 0.05) is 12.6 Å². The lowest BCUT2D eigenvalue weighted by Crippen LogP contribution is -2.23. The number of nitrogens with one attached hydrogen (secondary N) is 1. The molecule has 1 unspecified atom stereocenters. The minimum atomic E-state index is -0.542. The largest absolute Gasteiger partial charge is 0.370 e. The molecule has 3 rings (SSSR count). The predicted molar refractivity (Wildman–Crippen MR) is 66.2 cm³/mol. The van der Waals surface area contributed by atoms with Gasteiger partial charge in [0.25, 0.3) is 0 Å². The Labute approximate surface area is 104 Å². The van der Waals surface area contributed by atoms with Gasteiger partial charge in [-0.25, -0.2) is 8.78 Å². The number of benzene rings is 1. The van der Waals surface area contributed by atoms with Crippen molar-refractivity contribution >= 4 is 11.6 Å². The third-order valence-corrected chi connectivity index (χ3v) is 3.92. The molecule has 18 heavy (non-hydrogen) atoms. The molecule has 0 saturated heterocycles. The number of nitrogens with zero attached hydrogens (tertiary/aromatic N) is 1. The summed E-state index contributed by atoms with van der Waals surface area (Å²) in [6.07, 6.45) is 3.84. The molecule has 1 atom stereocenters. The smallest absolute Gasteiger partial charge is 0.193 e. The van der Waals surface area contributed by atoms with Crippen molar-refractivity contribution in [3.8, 4) is 0 Å². The lowest BCUT2D eigenvalue weighted by Gasteiger charge is -2.06. The third kappa shape index (κ3) is 2.17. The fraction of sp³-hybridized carbons (Fsp3) is 0.462. The van der Waals surface area contributed by atoms with E-state index in [1.54, 1.807) is 0 Å². The number of nitrogens with two attached hydrogens (primary N) is 1. The molecule has 0 aliphatic heterocycles. The van der Waals surface area contributed by atoms with Crippen LogP contribution in [0.15, 0.2) is 23.2 Å². The van der Waals surface area contributed by atoms with E-state index in [0.29, 0.717) is 17.9 Å². The Morgan fingerprint density at radius 1 is 1.44 bits per heavy atom. The van der Waals surface area contributed by atoms with Crippen LogP contribution in [-0.2, 0) is 0 Å². The van der Waals surface area contributed by atoms with E-state index in [2.05, 4.69) is 10.3 Å². The molecule has 0 amide bonds. The van der Waals surface area contributed by atoms with Crippen molar-refractivity contribution in [2.45, 2.75) is 19.3 Å². The van der Waals surface area contributed by atoms with E-state index in [4.69, 9.17) is 5.73 Å². The molecular formula is C13H15F2N3. The summed E-state index contributed by atoms with van der Waals surface area (Å²) >= 11 is 0. The molecule has 1 spiro atoms. The third-order valence-electron chi connectivity index (χ3n) is 3.92. The van der Waals surface area contributed by atoms with Crippen LogP contribution in [0.4, 0.5) is 14.5 Å². The van der Waals surface area contributed by atoms with Crippen molar-refractivity contribution < 1.29 is 8.78 Å². The van der Waals surface area contributed by atoms with Crippen molar-refractivity contribution in [2.75, 3.05) is 11.9 Å². The second kappa shape index (κ2) is 3.93. The first-order valence-corrected chi connectivity index (χ1v) is 6.11. The van der Waals surface area contributed by atoms with Crippen LogP contribution in [0.2, 0.25) is 0 Å². The highest BCUT2D eigenvalue weighted by Crippen LogP contribution is 2.70. The van der Waals surface area contributed by atoms with E-state index in [1.807, 2.05) is 0 Å². The predicted octanol–water partition coefficient (Wildman–Crippen LogP) is 2.49. The molecule has 2 saturated carbocycles. The molecule has 3 N–H and O–H groups in total. The maximum Gasteiger partial charge on any atom is 0.193 e. The maximum atomic E-state index is 13.3. The van der Waals surface area contributed by atoms with Crippen LogP contribution in [0.5, 0.6) is 0 Å². The summed E-state index contributed by atoms with van der Waals surface area (Å²) < 4.78 is 26.3. The first-order chi connectivity index (χ1) is 8.59. The van der Waals surface area contributed by atoms with Gasteiger partial charge < -0.3 is 11.1 Å². The topological polar surface area (TPSA) is 50.4 Å². The quantitative estimate of drug-likeness (QED) is 0.640. The Kier molecular flexibility index (Phi) is 2.50. The second-order valence-electron chi connectivity index (χ2n) is 5.24. The highest BCUT2D eigenvalue weighted by molar-refractivity contribution is 5.92. The molecule has 5 heteroatoms. The first kappa shape index (κ1) is 11.4. The zero-order valence-corrected chi connectivity index (χ0v) is 9.92. The SMILES string of the molecule is NC(=NCC1CC12CC2)Nc1cc(F)ccc1F. The van der Waals surface area contributed by atoms with E-state index in [9.17, 15) is 8.78 Å². The van der Waals surface area contributed by atoms with Gasteiger partial charge in [0.15, 0.2) is 5.96 Å². The number of halogens is 2. The van der Waals surface area contributed by atoms with Gasteiger partial charge in [-0.3, -0.25) is 4.99 Å². The van der Waals surface area contributed by atoms with Gasteiger partial charge in [-0.05, 0) is 42.7 Å². The van der Waals surface area contributed by atoms with Gasteiger partial charge in [0.05, 0.1) is 5.69 Å². The van der Waals surface area contributed by atoms with E-state index in [0.717, 1.165) is 18.2 Å². The standard InChI is InChI=1S/C13H15F2N3/c14-9-1-2-10(15)11(5-9)18-12(16)17-7-8-6-13(8)3-4-13/h1-2,5,8H,3-4,6-7H2,(H3,16,17,18). The summed E-state index contributed by atoms with van der Waals surface area (Å²) in [7, 11) is 0. The summed E-state index contributed by atoms with van der Waals surface area (Å²) in [5.41, 5.74) is 6.26. The van der Waals surface area contributed by atoms with Crippen LogP contribution < -0.4 is 11.1 Å². The van der Waals surface area contributed by atoms with Crippen LogP contribution in [0.25, 0.3) is 0 Å². The Morgan fingerprint density at radius 3 is 2.89 bits per heavy atom. The van der Waals surface area contributed by atoms with Crippen molar-refractivity contribution in [1.82, 2.24) is 0 Å². The molecule has 0 aromatic heterocycles. The summed E-state index contributed by atoms with van der Waals surface area (Å²) in [6, 6.07) is 3.19. The first-order valence-electron chi connectivity index (χ1n) is 6.11. The minimum Gasteiger partial charge on any atom is -0.370 e. The van der Waals surface area contributed by atoms with Gasteiger partial charge in [-0.15, -0.1) is 0 Å². The molecule has 96 valence electrons. The molecule has 0 heterocycles. The lowest BCUT2D eigenvalue weighted by molar-refractivity contribution is 0.604. The lowest BCUT2D eigenvalue weighted by atomic mass is 10.3. The summed E-state index contributed by atoms with van der Waals surface area (Å²) in [4.78, 5) is 4.18. The summed E-state index contributed by atoms with van der Waals surface area (Å²) in [5.74, 6) is -0.275. The average molecular weight is 251 g/mol. The van der Waals surface area contributed by atoms with Crippen LogP contribution >= 0.6 is 0 Å². The highest BCUT2D eigenvalue weighted by atomic mass is 19.1. The molecule has 1 aromatic carbocycles. The fourth-order valence-corrected chi connectivity index (χ4v) is 2.44. The number of rotatable bonds is 3. The molecule has 3 nitrogen and oxygen atoms in total. The number of hydrogen-bond acceptors (Lipinski definition) is 1. The van der Waals surface area contributed by atoms with Gasteiger partial charge in [-0.2, -0.15) is 0 Å². The molecule has 0 bridgehead atoms. The molecule has 2 fully saturated rings. The monoisotopic (exact) mass is 251 g/mol. The van der Waals surface area contributed by atoms with Crippen LogP contribution in [0.1, 0.15) is 19.3 Å². The Balaban J connectivity index is 1.60. The van der Waals surface area contributed by atoms with Crippen molar-refractivity contribution in [1.29, 1.82) is 0 Å². The number of anilines is 1. The highest BCUT2D eigenvalue weighted by Gasteiger charge is 2.62. The van der Waals surface area contributed by atoms with Crippen molar-refractivity contribution in [2.24, 2.45) is 22.1 Å².